The van der Waals surface area contributed by atoms with Gasteiger partial charge in [0.1, 0.15) is 22.8 Å². The summed E-state index contributed by atoms with van der Waals surface area (Å²) in [6.45, 7) is 5.92. The summed E-state index contributed by atoms with van der Waals surface area (Å²) < 4.78 is 27.9. The lowest BCUT2D eigenvalue weighted by molar-refractivity contribution is 0.0195. The zero-order valence-electron chi connectivity index (χ0n) is 25.8. The molecule has 2 amide bonds. The summed E-state index contributed by atoms with van der Waals surface area (Å²) in [4.78, 5) is 51.8. The molecule has 6 rings (SSSR count). The van der Waals surface area contributed by atoms with Crippen molar-refractivity contribution < 1.29 is 28.2 Å². The van der Waals surface area contributed by atoms with Crippen molar-refractivity contribution in [1.82, 2.24) is 29.9 Å². The number of nitrogens with zero attached hydrogens (tertiary/aromatic N) is 7. The molecule has 1 aliphatic heterocycles. The molecule has 1 fully saturated rings. The second kappa shape index (κ2) is 12.1. The van der Waals surface area contributed by atoms with Crippen molar-refractivity contribution in [2.24, 2.45) is 0 Å². The Balaban J connectivity index is 1.43. The van der Waals surface area contributed by atoms with Gasteiger partial charge in [0.05, 0.1) is 30.0 Å². The molecular formula is C33H32FN7O5. The minimum atomic E-state index is -0.789. The molecule has 5 aromatic rings. The number of hydrogen-bond donors (Lipinski definition) is 0. The van der Waals surface area contributed by atoms with Crippen LogP contribution in [0.5, 0.6) is 0 Å². The first kappa shape index (κ1) is 30.6. The van der Waals surface area contributed by atoms with Gasteiger partial charge in [-0.1, -0.05) is 11.3 Å². The summed E-state index contributed by atoms with van der Waals surface area (Å²) in [5, 5.41) is 9.37. The molecule has 1 aliphatic rings. The number of carbonyl (C=O) groups excluding carboxylic acids is 3. The van der Waals surface area contributed by atoms with E-state index in [9.17, 15) is 14.4 Å². The SMILES string of the molecule is COC(=O)c1ccc2ccnc(N(C(=O)c3ccc(-n4nnc5cccnc54)cc3F)[C@@H]3CCCN(C(=O)OC(C)(C)C)C3)c2c1. The van der Waals surface area contributed by atoms with Gasteiger partial charge < -0.3 is 14.4 Å². The van der Waals surface area contributed by atoms with Gasteiger partial charge in [0.25, 0.3) is 5.91 Å². The van der Waals surface area contributed by atoms with Gasteiger partial charge in [-0.05, 0) is 81.5 Å². The maximum Gasteiger partial charge on any atom is 0.410 e. The Hall–Kier alpha value is -5.46. The van der Waals surface area contributed by atoms with Crippen LogP contribution in [0.2, 0.25) is 0 Å². The van der Waals surface area contributed by atoms with E-state index in [1.54, 1.807) is 80.5 Å². The van der Waals surface area contributed by atoms with E-state index < -0.39 is 35.4 Å². The highest BCUT2D eigenvalue weighted by molar-refractivity contribution is 6.11. The van der Waals surface area contributed by atoms with Gasteiger partial charge >= 0.3 is 12.1 Å². The third kappa shape index (κ3) is 5.95. The van der Waals surface area contributed by atoms with Gasteiger partial charge in [0.2, 0.25) is 0 Å². The van der Waals surface area contributed by atoms with E-state index in [-0.39, 0.29) is 23.5 Å². The molecule has 0 bridgehead atoms. The molecule has 12 nitrogen and oxygen atoms in total. The van der Waals surface area contributed by atoms with E-state index in [0.29, 0.717) is 47.0 Å². The number of carbonyl (C=O) groups is 3. The molecule has 1 saturated heterocycles. The number of rotatable bonds is 5. The molecule has 0 radical (unpaired) electrons. The van der Waals surface area contributed by atoms with Gasteiger partial charge in [0, 0.05) is 36.9 Å². The largest absolute Gasteiger partial charge is 0.465 e. The lowest BCUT2D eigenvalue weighted by atomic mass is 10.0. The van der Waals surface area contributed by atoms with Gasteiger partial charge in [-0.2, -0.15) is 4.68 Å². The normalized spacial score (nSPS) is 15.2. The van der Waals surface area contributed by atoms with Gasteiger partial charge in [-0.15, -0.1) is 5.10 Å². The first-order chi connectivity index (χ1) is 22.0. The molecule has 46 heavy (non-hydrogen) atoms. The molecular weight excluding hydrogens is 593 g/mol. The Labute approximate surface area is 263 Å². The van der Waals surface area contributed by atoms with Crippen LogP contribution in [-0.2, 0) is 9.47 Å². The number of likely N-dealkylation sites (tertiary alicyclic amines) is 1. The fourth-order valence-electron chi connectivity index (χ4n) is 5.56. The second-order valence-corrected chi connectivity index (χ2v) is 12.0. The fraction of sp³-hybridized carbons (Fsp3) is 0.303. The molecule has 13 heteroatoms. The highest BCUT2D eigenvalue weighted by Gasteiger charge is 2.36. The molecule has 0 N–H and O–H groups in total. The third-order valence-corrected chi connectivity index (χ3v) is 7.66. The number of amides is 2. The van der Waals surface area contributed by atoms with E-state index in [4.69, 9.17) is 9.47 Å². The number of pyridine rings is 2. The van der Waals surface area contributed by atoms with Crippen LogP contribution >= 0.6 is 0 Å². The van der Waals surface area contributed by atoms with Crippen LogP contribution in [0.15, 0.2) is 67.0 Å². The monoisotopic (exact) mass is 625 g/mol. The fourth-order valence-corrected chi connectivity index (χ4v) is 5.56. The molecule has 0 unspecified atom stereocenters. The Bertz CT molecular complexity index is 1970. The summed E-state index contributed by atoms with van der Waals surface area (Å²) >= 11 is 0. The number of fused-ring (bicyclic) bond motifs is 2. The van der Waals surface area contributed by atoms with Crippen molar-refractivity contribution in [2.75, 3.05) is 25.1 Å². The molecule has 236 valence electrons. The number of hydrogen-bond acceptors (Lipinski definition) is 9. The Morgan fingerprint density at radius 1 is 1.02 bits per heavy atom. The molecule has 2 aromatic carbocycles. The van der Waals surface area contributed by atoms with Crippen molar-refractivity contribution >= 4 is 45.7 Å². The number of aromatic nitrogens is 5. The van der Waals surface area contributed by atoms with Crippen molar-refractivity contribution in [2.45, 2.75) is 45.3 Å². The first-order valence-electron chi connectivity index (χ1n) is 14.8. The number of halogens is 1. The smallest absolute Gasteiger partial charge is 0.410 e. The average molecular weight is 626 g/mol. The number of anilines is 1. The van der Waals surface area contributed by atoms with E-state index in [1.807, 2.05) is 0 Å². The van der Waals surface area contributed by atoms with Crippen LogP contribution < -0.4 is 4.90 Å². The minimum absolute atomic E-state index is 0.131. The second-order valence-electron chi connectivity index (χ2n) is 12.0. The predicted molar refractivity (Wildman–Crippen MR) is 167 cm³/mol. The van der Waals surface area contributed by atoms with Gasteiger partial charge in [0.15, 0.2) is 5.65 Å². The van der Waals surface area contributed by atoms with E-state index in [0.717, 1.165) is 0 Å². The molecule has 0 spiro atoms. The van der Waals surface area contributed by atoms with Gasteiger partial charge in [-0.3, -0.25) is 9.69 Å². The summed E-state index contributed by atoms with van der Waals surface area (Å²) in [6, 6.07) is 13.7. The van der Waals surface area contributed by atoms with Crippen LogP contribution in [0.4, 0.5) is 15.0 Å². The quantitative estimate of drug-likeness (QED) is 0.238. The van der Waals surface area contributed by atoms with Gasteiger partial charge in [-0.25, -0.2) is 23.9 Å². The van der Waals surface area contributed by atoms with Crippen molar-refractivity contribution in [3.05, 3.63) is 83.9 Å². The Kier molecular flexibility index (Phi) is 8.07. The predicted octanol–water partition coefficient (Wildman–Crippen LogP) is 5.34. The average Bonchev–Trinajstić information content (AvgIpc) is 3.48. The number of esters is 1. The molecule has 4 heterocycles. The van der Waals surface area contributed by atoms with Crippen molar-refractivity contribution in [3.63, 3.8) is 0 Å². The van der Waals surface area contributed by atoms with Crippen LogP contribution in [0.25, 0.3) is 27.6 Å². The van der Waals surface area contributed by atoms with Crippen LogP contribution in [0.3, 0.4) is 0 Å². The first-order valence-corrected chi connectivity index (χ1v) is 14.8. The summed E-state index contributed by atoms with van der Waals surface area (Å²) in [5.41, 5.74) is 0.652. The minimum Gasteiger partial charge on any atom is -0.465 e. The number of benzene rings is 2. The molecule has 3 aromatic heterocycles. The van der Waals surface area contributed by atoms with Crippen molar-refractivity contribution in [3.8, 4) is 5.69 Å². The Morgan fingerprint density at radius 3 is 2.61 bits per heavy atom. The lowest BCUT2D eigenvalue weighted by Gasteiger charge is -2.39. The van der Waals surface area contributed by atoms with Crippen molar-refractivity contribution in [1.29, 1.82) is 0 Å². The number of methoxy groups -OCH3 is 1. The summed E-state index contributed by atoms with van der Waals surface area (Å²) in [5.74, 6) is -1.79. The highest BCUT2D eigenvalue weighted by Crippen LogP contribution is 2.32. The van der Waals surface area contributed by atoms with E-state index in [1.165, 1.54) is 28.8 Å². The van der Waals surface area contributed by atoms with Crippen LogP contribution in [-0.4, -0.2) is 79.7 Å². The number of piperidine rings is 1. The molecule has 0 aliphatic carbocycles. The zero-order chi connectivity index (χ0) is 32.6. The highest BCUT2D eigenvalue weighted by atomic mass is 19.1. The molecule has 1 atom stereocenters. The standard InChI is InChI=1S/C33H32FN7O5/c1-33(2,3)46-32(44)39-16-6-7-23(19-39)40(28-25-17-21(31(43)45-4)10-9-20(25)13-15-36-28)30(42)24-12-11-22(18-26(24)34)41-29-27(37-38-41)8-5-14-35-29/h5,8-15,17-18,23H,6-7,16,19H2,1-4H3/t23-/m1/s1. The van der Waals surface area contributed by atoms with Crippen LogP contribution in [0.1, 0.15) is 54.3 Å². The summed E-state index contributed by atoms with van der Waals surface area (Å²) in [6.07, 6.45) is 3.71. The topological polar surface area (TPSA) is 133 Å². The third-order valence-electron chi connectivity index (χ3n) is 7.66. The molecule has 0 saturated carbocycles. The maximum absolute atomic E-state index is 16.0. The number of ether oxygens (including phenoxy) is 2. The Morgan fingerprint density at radius 2 is 1.85 bits per heavy atom. The summed E-state index contributed by atoms with van der Waals surface area (Å²) in [7, 11) is 1.28. The zero-order valence-corrected chi connectivity index (χ0v) is 25.8. The van der Waals surface area contributed by atoms with E-state index >= 15 is 4.39 Å². The lowest BCUT2D eigenvalue weighted by Crippen LogP contribution is -2.53. The van der Waals surface area contributed by atoms with Crippen LogP contribution in [0, 0.1) is 5.82 Å². The maximum atomic E-state index is 16.0. The van der Waals surface area contributed by atoms with E-state index in [2.05, 4.69) is 20.3 Å².